The first kappa shape index (κ1) is 18.8. The summed E-state index contributed by atoms with van der Waals surface area (Å²) in [5.41, 5.74) is 2.29. The van der Waals surface area contributed by atoms with Crippen molar-refractivity contribution in [2.75, 3.05) is 34.4 Å². The van der Waals surface area contributed by atoms with Crippen LogP contribution < -0.4 is 14.8 Å². The smallest absolute Gasteiger partial charge is 0.234 e. The van der Waals surface area contributed by atoms with Gasteiger partial charge in [-0.15, -0.1) is 0 Å². The SMILES string of the molecule is COc1ccc(CCNC(=O)CN(C)Cc2cccc(OC)c2)cc1. The highest BCUT2D eigenvalue weighted by atomic mass is 16.5. The summed E-state index contributed by atoms with van der Waals surface area (Å²) >= 11 is 0. The fourth-order valence-electron chi connectivity index (χ4n) is 2.58. The highest BCUT2D eigenvalue weighted by molar-refractivity contribution is 5.77. The normalized spacial score (nSPS) is 10.6. The molecule has 0 aliphatic carbocycles. The molecule has 0 bridgehead atoms. The van der Waals surface area contributed by atoms with Crippen molar-refractivity contribution >= 4 is 5.91 Å². The lowest BCUT2D eigenvalue weighted by Gasteiger charge is -2.17. The number of hydrogen-bond donors (Lipinski definition) is 1. The van der Waals surface area contributed by atoms with Crippen molar-refractivity contribution in [3.05, 3.63) is 59.7 Å². The van der Waals surface area contributed by atoms with Crippen LogP contribution in [0.4, 0.5) is 0 Å². The molecule has 1 N–H and O–H groups in total. The molecule has 134 valence electrons. The van der Waals surface area contributed by atoms with Crippen LogP contribution in [0.1, 0.15) is 11.1 Å². The fourth-order valence-corrected chi connectivity index (χ4v) is 2.58. The van der Waals surface area contributed by atoms with Gasteiger partial charge in [0.05, 0.1) is 20.8 Å². The minimum absolute atomic E-state index is 0.0268. The third-order valence-electron chi connectivity index (χ3n) is 3.90. The summed E-state index contributed by atoms with van der Waals surface area (Å²) in [6, 6.07) is 15.8. The average molecular weight is 342 g/mol. The van der Waals surface area contributed by atoms with Gasteiger partial charge in [0.2, 0.25) is 5.91 Å². The molecule has 0 radical (unpaired) electrons. The van der Waals surface area contributed by atoms with Crippen molar-refractivity contribution < 1.29 is 14.3 Å². The zero-order valence-electron chi connectivity index (χ0n) is 15.1. The van der Waals surface area contributed by atoms with Crippen molar-refractivity contribution in [2.45, 2.75) is 13.0 Å². The summed E-state index contributed by atoms with van der Waals surface area (Å²) in [6.07, 6.45) is 0.801. The fraction of sp³-hybridized carbons (Fsp3) is 0.350. The molecule has 25 heavy (non-hydrogen) atoms. The van der Waals surface area contributed by atoms with Crippen LogP contribution in [0.5, 0.6) is 11.5 Å². The predicted octanol–water partition coefficient (Wildman–Crippen LogP) is 2.49. The molecular weight excluding hydrogens is 316 g/mol. The van der Waals surface area contributed by atoms with E-state index in [4.69, 9.17) is 9.47 Å². The summed E-state index contributed by atoms with van der Waals surface area (Å²) < 4.78 is 10.4. The molecule has 0 fully saturated rings. The second-order valence-corrected chi connectivity index (χ2v) is 5.97. The molecule has 0 aliphatic heterocycles. The number of carbonyl (C=O) groups is 1. The topological polar surface area (TPSA) is 50.8 Å². The van der Waals surface area contributed by atoms with E-state index < -0.39 is 0 Å². The Morgan fingerprint density at radius 3 is 2.40 bits per heavy atom. The van der Waals surface area contributed by atoms with Crippen molar-refractivity contribution in [3.63, 3.8) is 0 Å². The van der Waals surface area contributed by atoms with Gasteiger partial charge >= 0.3 is 0 Å². The Morgan fingerprint density at radius 2 is 1.72 bits per heavy atom. The second kappa shape index (κ2) is 9.69. The van der Waals surface area contributed by atoms with E-state index in [1.807, 2.05) is 60.5 Å². The van der Waals surface area contributed by atoms with Crippen LogP contribution in [0.2, 0.25) is 0 Å². The Bertz CT molecular complexity index is 671. The maximum absolute atomic E-state index is 12.1. The molecule has 0 unspecified atom stereocenters. The van der Waals surface area contributed by atoms with Gasteiger partial charge in [0, 0.05) is 13.1 Å². The van der Waals surface area contributed by atoms with Gasteiger partial charge in [0.25, 0.3) is 0 Å². The summed E-state index contributed by atoms with van der Waals surface area (Å²) in [4.78, 5) is 14.0. The number of nitrogens with zero attached hydrogens (tertiary/aromatic N) is 1. The molecule has 0 aromatic heterocycles. The lowest BCUT2D eigenvalue weighted by Crippen LogP contribution is -2.35. The van der Waals surface area contributed by atoms with Crippen molar-refractivity contribution in [2.24, 2.45) is 0 Å². The van der Waals surface area contributed by atoms with Crippen LogP contribution in [-0.4, -0.2) is 45.2 Å². The third-order valence-corrected chi connectivity index (χ3v) is 3.90. The van der Waals surface area contributed by atoms with E-state index in [-0.39, 0.29) is 5.91 Å². The molecule has 1 amide bonds. The molecule has 0 aliphatic rings. The predicted molar refractivity (Wildman–Crippen MR) is 99.0 cm³/mol. The minimum Gasteiger partial charge on any atom is -0.497 e. The number of hydrogen-bond acceptors (Lipinski definition) is 4. The Morgan fingerprint density at radius 1 is 1.00 bits per heavy atom. The summed E-state index contributed by atoms with van der Waals surface area (Å²) in [5, 5.41) is 2.96. The zero-order chi connectivity index (χ0) is 18.1. The van der Waals surface area contributed by atoms with Crippen LogP contribution in [-0.2, 0) is 17.8 Å². The molecule has 0 saturated heterocycles. The van der Waals surface area contributed by atoms with E-state index in [9.17, 15) is 4.79 Å². The average Bonchev–Trinajstić information content (AvgIpc) is 2.62. The van der Waals surface area contributed by atoms with Crippen molar-refractivity contribution in [1.29, 1.82) is 0 Å². The number of methoxy groups -OCH3 is 2. The number of amides is 1. The molecule has 2 aromatic rings. The van der Waals surface area contributed by atoms with Crippen LogP contribution in [0, 0.1) is 0 Å². The van der Waals surface area contributed by atoms with E-state index in [2.05, 4.69) is 5.32 Å². The first-order valence-electron chi connectivity index (χ1n) is 8.32. The highest BCUT2D eigenvalue weighted by Gasteiger charge is 2.07. The van der Waals surface area contributed by atoms with E-state index >= 15 is 0 Å². The molecule has 0 atom stereocenters. The van der Waals surface area contributed by atoms with Gasteiger partial charge in [-0.25, -0.2) is 0 Å². The van der Waals surface area contributed by atoms with Gasteiger partial charge in [-0.1, -0.05) is 24.3 Å². The summed E-state index contributed by atoms with van der Waals surface area (Å²) in [7, 11) is 5.23. The number of carbonyl (C=O) groups excluding carboxylic acids is 1. The van der Waals surface area contributed by atoms with Gasteiger partial charge < -0.3 is 14.8 Å². The van der Waals surface area contributed by atoms with Crippen molar-refractivity contribution in [1.82, 2.24) is 10.2 Å². The molecule has 0 saturated carbocycles. The van der Waals surface area contributed by atoms with E-state index in [1.54, 1.807) is 14.2 Å². The molecule has 2 rings (SSSR count). The Balaban J connectivity index is 1.71. The zero-order valence-corrected chi connectivity index (χ0v) is 15.1. The van der Waals surface area contributed by atoms with Crippen LogP contribution in [0.25, 0.3) is 0 Å². The van der Waals surface area contributed by atoms with Gasteiger partial charge in [0.1, 0.15) is 11.5 Å². The Hall–Kier alpha value is -2.53. The number of ether oxygens (including phenoxy) is 2. The quantitative estimate of drug-likeness (QED) is 0.761. The van der Waals surface area contributed by atoms with Gasteiger partial charge in [-0.3, -0.25) is 9.69 Å². The van der Waals surface area contributed by atoms with Gasteiger partial charge in [0.15, 0.2) is 0 Å². The number of likely N-dealkylation sites (N-methyl/N-ethyl adjacent to an activating group) is 1. The first-order chi connectivity index (χ1) is 12.1. The van der Waals surface area contributed by atoms with Crippen LogP contribution in [0.3, 0.4) is 0 Å². The maximum atomic E-state index is 12.1. The highest BCUT2D eigenvalue weighted by Crippen LogP contribution is 2.14. The largest absolute Gasteiger partial charge is 0.497 e. The Labute approximate surface area is 149 Å². The van der Waals surface area contributed by atoms with E-state index in [0.717, 1.165) is 23.5 Å². The molecule has 5 heteroatoms. The number of rotatable bonds is 9. The second-order valence-electron chi connectivity index (χ2n) is 5.97. The lowest BCUT2D eigenvalue weighted by molar-refractivity contribution is -0.122. The molecule has 5 nitrogen and oxygen atoms in total. The maximum Gasteiger partial charge on any atom is 0.234 e. The lowest BCUT2D eigenvalue weighted by atomic mass is 10.1. The van der Waals surface area contributed by atoms with Crippen LogP contribution >= 0.6 is 0 Å². The van der Waals surface area contributed by atoms with Crippen LogP contribution in [0.15, 0.2) is 48.5 Å². The molecular formula is C20H26N2O3. The first-order valence-corrected chi connectivity index (χ1v) is 8.32. The van der Waals surface area contributed by atoms with Crippen molar-refractivity contribution in [3.8, 4) is 11.5 Å². The van der Waals surface area contributed by atoms with Gasteiger partial charge in [-0.05, 0) is 48.9 Å². The minimum atomic E-state index is 0.0268. The van der Waals surface area contributed by atoms with E-state index in [0.29, 0.717) is 19.6 Å². The molecule has 2 aromatic carbocycles. The number of nitrogens with one attached hydrogen (secondary N) is 1. The number of benzene rings is 2. The summed E-state index contributed by atoms with van der Waals surface area (Å²) in [5.74, 6) is 1.70. The summed E-state index contributed by atoms with van der Waals surface area (Å²) in [6.45, 7) is 1.68. The molecule has 0 spiro atoms. The monoisotopic (exact) mass is 342 g/mol. The molecule has 0 heterocycles. The van der Waals surface area contributed by atoms with E-state index in [1.165, 1.54) is 5.56 Å². The standard InChI is InChI=1S/C20H26N2O3/c1-22(14-17-5-4-6-19(13-17)25-3)15-20(23)21-12-11-16-7-9-18(24-2)10-8-16/h4-10,13H,11-12,14-15H2,1-3H3,(H,21,23). The third kappa shape index (κ3) is 6.47. The Kier molecular flexibility index (Phi) is 7.29. The van der Waals surface area contributed by atoms with Gasteiger partial charge in [-0.2, -0.15) is 0 Å².